The highest BCUT2D eigenvalue weighted by atomic mass is 16.5. The minimum Gasteiger partial charge on any atom is -0.385 e. The molecule has 3 unspecified atom stereocenters. The third-order valence-electron chi connectivity index (χ3n) is 3.96. The first-order valence-electron chi connectivity index (χ1n) is 6.44. The molecule has 90 valence electrons. The standard InChI is InChI=1S/C13H27NO/c1-11(8-9-15-3)12-6-4-5-7-13(10-12)14-2/h11-14H,4-10H2,1-3H3. The van der Waals surface area contributed by atoms with Gasteiger partial charge in [-0.15, -0.1) is 0 Å². The Morgan fingerprint density at radius 2 is 2.07 bits per heavy atom. The molecule has 0 radical (unpaired) electrons. The van der Waals surface area contributed by atoms with Crippen molar-refractivity contribution >= 4 is 0 Å². The lowest BCUT2D eigenvalue weighted by atomic mass is 9.84. The summed E-state index contributed by atoms with van der Waals surface area (Å²) in [6.45, 7) is 3.31. The summed E-state index contributed by atoms with van der Waals surface area (Å²) in [6, 6.07) is 0.752. The Hall–Kier alpha value is -0.0800. The molecule has 0 heterocycles. The van der Waals surface area contributed by atoms with Gasteiger partial charge in [0.15, 0.2) is 0 Å². The normalized spacial score (nSPS) is 29.8. The molecule has 1 aliphatic rings. The van der Waals surface area contributed by atoms with Gasteiger partial charge in [0.05, 0.1) is 0 Å². The third kappa shape index (κ3) is 4.52. The van der Waals surface area contributed by atoms with Crippen molar-refractivity contribution in [3.8, 4) is 0 Å². The second-order valence-corrected chi connectivity index (χ2v) is 5.02. The lowest BCUT2D eigenvalue weighted by molar-refractivity contribution is 0.158. The van der Waals surface area contributed by atoms with Crippen molar-refractivity contribution in [1.82, 2.24) is 5.32 Å². The zero-order valence-corrected chi connectivity index (χ0v) is 10.6. The van der Waals surface area contributed by atoms with E-state index in [9.17, 15) is 0 Å². The van der Waals surface area contributed by atoms with Gasteiger partial charge in [-0.2, -0.15) is 0 Å². The number of hydrogen-bond donors (Lipinski definition) is 1. The summed E-state index contributed by atoms with van der Waals surface area (Å²) in [4.78, 5) is 0. The maximum Gasteiger partial charge on any atom is 0.0464 e. The molecule has 0 aromatic heterocycles. The molecule has 0 aromatic rings. The molecule has 2 nitrogen and oxygen atoms in total. The number of methoxy groups -OCH3 is 1. The van der Waals surface area contributed by atoms with Gasteiger partial charge in [-0.25, -0.2) is 0 Å². The van der Waals surface area contributed by atoms with Crippen LogP contribution >= 0.6 is 0 Å². The van der Waals surface area contributed by atoms with Gasteiger partial charge >= 0.3 is 0 Å². The summed E-state index contributed by atoms with van der Waals surface area (Å²) in [7, 11) is 3.91. The van der Waals surface area contributed by atoms with Crippen molar-refractivity contribution in [3.05, 3.63) is 0 Å². The van der Waals surface area contributed by atoms with Crippen LogP contribution in [0.3, 0.4) is 0 Å². The van der Waals surface area contributed by atoms with Crippen molar-refractivity contribution in [1.29, 1.82) is 0 Å². The first kappa shape index (κ1) is 13.0. The maximum absolute atomic E-state index is 5.17. The Bertz CT molecular complexity index is 161. The van der Waals surface area contributed by atoms with Gasteiger partial charge in [-0.05, 0) is 38.1 Å². The predicted molar refractivity (Wildman–Crippen MR) is 65.1 cm³/mol. The minimum absolute atomic E-state index is 0.752. The molecule has 3 atom stereocenters. The van der Waals surface area contributed by atoms with Crippen molar-refractivity contribution < 1.29 is 4.74 Å². The maximum atomic E-state index is 5.17. The number of ether oxygens (including phenoxy) is 1. The fourth-order valence-electron chi connectivity index (χ4n) is 2.72. The fraction of sp³-hybridized carbons (Fsp3) is 1.00. The van der Waals surface area contributed by atoms with E-state index in [1.165, 1.54) is 38.5 Å². The first-order chi connectivity index (χ1) is 7.27. The number of rotatable bonds is 5. The predicted octanol–water partition coefficient (Wildman–Crippen LogP) is 2.83. The van der Waals surface area contributed by atoms with E-state index < -0.39 is 0 Å². The van der Waals surface area contributed by atoms with Crippen LogP contribution in [-0.4, -0.2) is 26.8 Å². The highest BCUT2D eigenvalue weighted by Gasteiger charge is 2.23. The molecule has 0 bridgehead atoms. The topological polar surface area (TPSA) is 21.3 Å². The van der Waals surface area contributed by atoms with Gasteiger partial charge in [-0.1, -0.05) is 26.2 Å². The van der Waals surface area contributed by atoms with Crippen LogP contribution in [0, 0.1) is 11.8 Å². The van der Waals surface area contributed by atoms with E-state index in [-0.39, 0.29) is 0 Å². The summed E-state index contributed by atoms with van der Waals surface area (Å²) < 4.78 is 5.17. The van der Waals surface area contributed by atoms with Crippen LogP contribution < -0.4 is 5.32 Å². The molecular formula is C13H27NO. The average molecular weight is 213 g/mol. The van der Waals surface area contributed by atoms with Crippen LogP contribution in [0.25, 0.3) is 0 Å². The van der Waals surface area contributed by atoms with Crippen molar-refractivity contribution in [2.45, 2.75) is 51.5 Å². The van der Waals surface area contributed by atoms with Crippen molar-refractivity contribution in [2.75, 3.05) is 20.8 Å². The molecule has 0 amide bonds. The zero-order valence-electron chi connectivity index (χ0n) is 10.6. The molecule has 1 N–H and O–H groups in total. The fourth-order valence-corrected chi connectivity index (χ4v) is 2.72. The van der Waals surface area contributed by atoms with E-state index in [0.29, 0.717) is 0 Å². The Labute approximate surface area is 94.8 Å². The van der Waals surface area contributed by atoms with E-state index in [4.69, 9.17) is 4.74 Å². The average Bonchev–Trinajstić information content (AvgIpc) is 2.50. The molecular weight excluding hydrogens is 186 g/mol. The summed E-state index contributed by atoms with van der Waals surface area (Å²) >= 11 is 0. The highest BCUT2D eigenvalue weighted by molar-refractivity contribution is 4.78. The Morgan fingerprint density at radius 3 is 2.73 bits per heavy atom. The largest absolute Gasteiger partial charge is 0.385 e. The molecule has 1 rings (SSSR count). The van der Waals surface area contributed by atoms with Crippen LogP contribution in [0.15, 0.2) is 0 Å². The van der Waals surface area contributed by atoms with Gasteiger partial charge < -0.3 is 10.1 Å². The van der Waals surface area contributed by atoms with E-state index in [1.807, 2.05) is 0 Å². The Kier molecular flexibility index (Phi) is 6.26. The van der Waals surface area contributed by atoms with Gasteiger partial charge in [0, 0.05) is 19.8 Å². The lowest BCUT2D eigenvalue weighted by Gasteiger charge is -2.25. The second kappa shape index (κ2) is 7.24. The first-order valence-corrected chi connectivity index (χ1v) is 6.44. The molecule has 0 aliphatic heterocycles. The molecule has 1 aliphatic carbocycles. The van der Waals surface area contributed by atoms with E-state index in [2.05, 4.69) is 19.3 Å². The van der Waals surface area contributed by atoms with Crippen molar-refractivity contribution in [3.63, 3.8) is 0 Å². The lowest BCUT2D eigenvalue weighted by Crippen LogP contribution is -2.28. The van der Waals surface area contributed by atoms with Crippen LogP contribution in [0.1, 0.15) is 45.4 Å². The third-order valence-corrected chi connectivity index (χ3v) is 3.96. The van der Waals surface area contributed by atoms with E-state index in [0.717, 1.165) is 24.5 Å². The molecule has 2 heteroatoms. The Balaban J connectivity index is 2.36. The van der Waals surface area contributed by atoms with Gasteiger partial charge in [0.2, 0.25) is 0 Å². The summed E-state index contributed by atoms with van der Waals surface area (Å²) in [5.74, 6) is 1.72. The monoisotopic (exact) mass is 213 g/mol. The molecule has 0 aromatic carbocycles. The van der Waals surface area contributed by atoms with Crippen molar-refractivity contribution in [2.24, 2.45) is 11.8 Å². The van der Waals surface area contributed by atoms with Crippen LogP contribution in [-0.2, 0) is 4.74 Å². The molecule has 1 fully saturated rings. The molecule has 15 heavy (non-hydrogen) atoms. The van der Waals surface area contributed by atoms with Crippen LogP contribution in [0.4, 0.5) is 0 Å². The zero-order chi connectivity index (χ0) is 11.1. The summed E-state index contributed by atoms with van der Waals surface area (Å²) in [5.41, 5.74) is 0. The SMILES string of the molecule is CNC1CCCCC(C(C)CCOC)C1. The summed E-state index contributed by atoms with van der Waals surface area (Å²) in [5, 5.41) is 3.45. The minimum atomic E-state index is 0.752. The molecule has 1 saturated carbocycles. The van der Waals surface area contributed by atoms with Gasteiger partial charge in [0.25, 0.3) is 0 Å². The Morgan fingerprint density at radius 1 is 1.33 bits per heavy atom. The second-order valence-electron chi connectivity index (χ2n) is 5.02. The van der Waals surface area contributed by atoms with Gasteiger partial charge in [0.1, 0.15) is 0 Å². The number of nitrogens with one attached hydrogen (secondary N) is 1. The highest BCUT2D eigenvalue weighted by Crippen LogP contribution is 2.30. The van der Waals surface area contributed by atoms with E-state index >= 15 is 0 Å². The van der Waals surface area contributed by atoms with Crippen LogP contribution in [0.5, 0.6) is 0 Å². The summed E-state index contributed by atoms with van der Waals surface area (Å²) in [6.07, 6.45) is 8.19. The smallest absolute Gasteiger partial charge is 0.0464 e. The quantitative estimate of drug-likeness (QED) is 0.709. The number of hydrogen-bond acceptors (Lipinski definition) is 2. The van der Waals surface area contributed by atoms with Crippen LogP contribution in [0.2, 0.25) is 0 Å². The molecule has 0 saturated heterocycles. The van der Waals surface area contributed by atoms with E-state index in [1.54, 1.807) is 7.11 Å². The van der Waals surface area contributed by atoms with Gasteiger partial charge in [-0.3, -0.25) is 0 Å². The molecule has 0 spiro atoms.